The Balaban J connectivity index is 2.19. The molecule has 1 rings (SSSR count). The molecule has 0 saturated heterocycles. The van der Waals surface area contributed by atoms with Gasteiger partial charge in [-0.2, -0.15) is 0 Å². The fraction of sp³-hybridized carbons (Fsp3) is 0.583. The number of ether oxygens (including phenoxy) is 1. The quantitative estimate of drug-likeness (QED) is 0.549. The highest BCUT2D eigenvalue weighted by atomic mass is 32.2. The minimum atomic E-state index is -0.474. The molecule has 1 aromatic rings. The first-order valence-electron chi connectivity index (χ1n) is 5.83. The number of anilines is 1. The van der Waals surface area contributed by atoms with Crippen molar-refractivity contribution in [1.82, 2.24) is 4.98 Å². The fourth-order valence-corrected chi connectivity index (χ4v) is 2.03. The summed E-state index contributed by atoms with van der Waals surface area (Å²) in [5, 5.41) is 10.5. The molecule has 1 unspecified atom stereocenters. The Morgan fingerprint density at radius 1 is 1.59 bits per heavy atom. The van der Waals surface area contributed by atoms with E-state index in [-0.39, 0.29) is 0 Å². The molecule has 3 N–H and O–H groups in total. The smallest absolute Gasteiger partial charge is 0.119 e. The summed E-state index contributed by atoms with van der Waals surface area (Å²) in [7, 11) is 0. The first kappa shape index (κ1) is 14.3. The van der Waals surface area contributed by atoms with E-state index >= 15 is 0 Å². The summed E-state index contributed by atoms with van der Waals surface area (Å²) in [6.45, 7) is 3.20. The molecule has 0 fully saturated rings. The first-order valence-corrected chi connectivity index (χ1v) is 6.81. The number of nitrogens with zero attached hydrogens (tertiary/aromatic N) is 1. The third-order valence-corrected chi connectivity index (χ3v) is 3.33. The van der Waals surface area contributed by atoms with Crippen molar-refractivity contribution in [3.05, 3.63) is 18.3 Å². The summed E-state index contributed by atoms with van der Waals surface area (Å²) < 4.78 is 5.34. The van der Waals surface area contributed by atoms with Gasteiger partial charge < -0.3 is 15.6 Å². The van der Waals surface area contributed by atoms with Gasteiger partial charge in [-0.15, -0.1) is 11.8 Å². The molecule has 1 aromatic heterocycles. The molecule has 1 atom stereocenters. The topological polar surface area (TPSA) is 68.4 Å². The summed E-state index contributed by atoms with van der Waals surface area (Å²) in [6.07, 6.45) is 3.36. The summed E-state index contributed by atoms with van der Waals surface area (Å²) in [5.74, 6) is 0.549. The molecule has 0 aliphatic heterocycles. The number of aliphatic hydroxyl groups excluding tert-OH is 1. The van der Waals surface area contributed by atoms with Crippen molar-refractivity contribution in [1.29, 1.82) is 0 Å². The number of unbranched alkanes of at least 4 members (excludes halogenated alkanes) is 1. The van der Waals surface area contributed by atoms with Crippen molar-refractivity contribution in [2.75, 3.05) is 24.7 Å². The molecular formula is C12H20N2O2S. The van der Waals surface area contributed by atoms with Crippen LogP contribution >= 0.6 is 11.8 Å². The SMILES string of the molecule is CCCCOCC(O)CSc1ncccc1N. The largest absolute Gasteiger partial charge is 0.397 e. The number of hydrogen-bond donors (Lipinski definition) is 2. The van der Waals surface area contributed by atoms with Gasteiger partial charge in [-0.25, -0.2) is 4.98 Å². The predicted octanol–water partition coefficient (Wildman–Crippen LogP) is 1.93. The number of aliphatic hydroxyl groups is 1. The van der Waals surface area contributed by atoms with E-state index in [9.17, 15) is 5.11 Å². The summed E-state index contributed by atoms with van der Waals surface area (Å²) >= 11 is 1.45. The van der Waals surface area contributed by atoms with Crippen LogP contribution in [0.5, 0.6) is 0 Å². The Labute approximate surface area is 107 Å². The van der Waals surface area contributed by atoms with Crippen LogP contribution in [0.4, 0.5) is 5.69 Å². The average Bonchev–Trinajstić information content (AvgIpc) is 2.34. The minimum Gasteiger partial charge on any atom is -0.397 e. The van der Waals surface area contributed by atoms with Gasteiger partial charge in [-0.05, 0) is 18.6 Å². The van der Waals surface area contributed by atoms with E-state index < -0.39 is 6.10 Å². The van der Waals surface area contributed by atoms with E-state index in [0.29, 0.717) is 24.7 Å². The molecule has 96 valence electrons. The van der Waals surface area contributed by atoms with Gasteiger partial charge in [0, 0.05) is 18.6 Å². The van der Waals surface area contributed by atoms with Crippen LogP contribution in [0.1, 0.15) is 19.8 Å². The van der Waals surface area contributed by atoms with Crippen molar-refractivity contribution in [3.8, 4) is 0 Å². The maximum absolute atomic E-state index is 9.69. The lowest BCUT2D eigenvalue weighted by Gasteiger charge is -2.11. The highest BCUT2D eigenvalue weighted by Crippen LogP contribution is 2.22. The van der Waals surface area contributed by atoms with E-state index in [1.807, 2.05) is 0 Å². The molecule has 0 bridgehead atoms. The molecule has 0 spiro atoms. The van der Waals surface area contributed by atoms with Gasteiger partial charge in [0.15, 0.2) is 0 Å². The van der Waals surface area contributed by atoms with Crippen LogP contribution in [0.15, 0.2) is 23.4 Å². The second kappa shape index (κ2) is 8.33. The highest BCUT2D eigenvalue weighted by Gasteiger charge is 2.07. The molecule has 4 nitrogen and oxygen atoms in total. The van der Waals surface area contributed by atoms with E-state index in [2.05, 4.69) is 11.9 Å². The van der Waals surface area contributed by atoms with Gasteiger partial charge in [0.2, 0.25) is 0 Å². The number of pyridine rings is 1. The number of nitrogens with two attached hydrogens (primary N) is 1. The molecule has 0 saturated carbocycles. The normalized spacial score (nSPS) is 12.6. The van der Waals surface area contributed by atoms with Gasteiger partial charge in [0.1, 0.15) is 5.03 Å². The third kappa shape index (κ3) is 5.91. The van der Waals surface area contributed by atoms with Gasteiger partial charge in [0.25, 0.3) is 0 Å². The zero-order valence-corrected chi connectivity index (χ0v) is 10.9. The van der Waals surface area contributed by atoms with E-state index in [0.717, 1.165) is 17.9 Å². The van der Waals surface area contributed by atoms with E-state index in [1.165, 1.54) is 11.8 Å². The maximum atomic E-state index is 9.69. The fourth-order valence-electron chi connectivity index (χ4n) is 1.21. The lowest BCUT2D eigenvalue weighted by Crippen LogP contribution is -2.18. The number of aromatic nitrogens is 1. The summed E-state index contributed by atoms with van der Waals surface area (Å²) in [4.78, 5) is 4.15. The highest BCUT2D eigenvalue weighted by molar-refractivity contribution is 7.99. The summed E-state index contributed by atoms with van der Waals surface area (Å²) in [5.41, 5.74) is 6.40. The second-order valence-electron chi connectivity index (χ2n) is 3.79. The molecule has 0 aliphatic carbocycles. The molecule has 1 heterocycles. The van der Waals surface area contributed by atoms with Crippen LogP contribution in [0, 0.1) is 0 Å². The molecule has 0 amide bonds. The Kier molecular flexibility index (Phi) is 7.00. The van der Waals surface area contributed by atoms with Crippen LogP contribution in [0.3, 0.4) is 0 Å². The summed E-state index contributed by atoms with van der Waals surface area (Å²) in [6, 6.07) is 3.60. The number of nitrogen functional groups attached to an aromatic ring is 1. The van der Waals surface area contributed by atoms with Gasteiger partial charge >= 0.3 is 0 Å². The maximum Gasteiger partial charge on any atom is 0.119 e. The zero-order valence-electron chi connectivity index (χ0n) is 10.1. The van der Waals surface area contributed by atoms with E-state index in [4.69, 9.17) is 10.5 Å². The zero-order chi connectivity index (χ0) is 12.5. The van der Waals surface area contributed by atoms with Crippen LogP contribution in [-0.2, 0) is 4.74 Å². The van der Waals surface area contributed by atoms with Gasteiger partial charge in [0.05, 0.1) is 18.4 Å². The van der Waals surface area contributed by atoms with Crippen molar-refractivity contribution in [2.45, 2.75) is 30.9 Å². The Morgan fingerprint density at radius 3 is 3.12 bits per heavy atom. The van der Waals surface area contributed by atoms with Crippen molar-refractivity contribution in [2.24, 2.45) is 0 Å². The van der Waals surface area contributed by atoms with Crippen molar-refractivity contribution in [3.63, 3.8) is 0 Å². The molecule has 0 aromatic carbocycles. The Bertz CT molecular complexity index is 323. The Hall–Kier alpha value is -0.780. The van der Waals surface area contributed by atoms with Crippen LogP contribution in [-0.4, -0.2) is 35.2 Å². The standard InChI is InChI=1S/C12H20N2O2S/c1-2-3-7-16-8-10(15)9-17-12-11(13)5-4-6-14-12/h4-6,10,15H,2-3,7-9,13H2,1H3. The van der Waals surface area contributed by atoms with Gasteiger partial charge in [-0.3, -0.25) is 0 Å². The number of hydrogen-bond acceptors (Lipinski definition) is 5. The van der Waals surface area contributed by atoms with E-state index in [1.54, 1.807) is 18.3 Å². The number of rotatable bonds is 8. The Morgan fingerprint density at radius 2 is 2.41 bits per heavy atom. The molecule has 5 heteroatoms. The minimum absolute atomic E-state index is 0.375. The predicted molar refractivity (Wildman–Crippen MR) is 71.1 cm³/mol. The molecular weight excluding hydrogens is 236 g/mol. The lowest BCUT2D eigenvalue weighted by atomic mass is 10.3. The number of thioether (sulfide) groups is 1. The molecule has 17 heavy (non-hydrogen) atoms. The lowest BCUT2D eigenvalue weighted by molar-refractivity contribution is 0.0473. The van der Waals surface area contributed by atoms with Crippen LogP contribution in [0.2, 0.25) is 0 Å². The third-order valence-electron chi connectivity index (χ3n) is 2.17. The van der Waals surface area contributed by atoms with Crippen LogP contribution in [0.25, 0.3) is 0 Å². The first-order chi connectivity index (χ1) is 8.24. The van der Waals surface area contributed by atoms with Crippen molar-refractivity contribution < 1.29 is 9.84 Å². The molecule has 0 radical (unpaired) electrons. The molecule has 0 aliphatic rings. The van der Waals surface area contributed by atoms with Gasteiger partial charge in [-0.1, -0.05) is 13.3 Å². The second-order valence-corrected chi connectivity index (χ2v) is 4.80. The average molecular weight is 256 g/mol. The van der Waals surface area contributed by atoms with Crippen LogP contribution < -0.4 is 5.73 Å². The van der Waals surface area contributed by atoms with Crippen molar-refractivity contribution >= 4 is 17.4 Å². The monoisotopic (exact) mass is 256 g/mol.